The molecule has 1 aliphatic carbocycles. The summed E-state index contributed by atoms with van der Waals surface area (Å²) < 4.78 is 5.68. The highest BCUT2D eigenvalue weighted by atomic mass is 16.5. The van der Waals surface area contributed by atoms with Gasteiger partial charge in [-0.2, -0.15) is 0 Å². The topological polar surface area (TPSA) is 61.8 Å². The number of nitrogens with zero attached hydrogens (tertiary/aromatic N) is 1. The first-order valence-corrected chi connectivity index (χ1v) is 8.52. The van der Waals surface area contributed by atoms with E-state index in [1.165, 1.54) is 0 Å². The van der Waals surface area contributed by atoms with Gasteiger partial charge in [0.25, 0.3) is 0 Å². The molecule has 0 aromatic heterocycles. The number of ether oxygens (including phenoxy) is 1. The van der Waals surface area contributed by atoms with Crippen molar-refractivity contribution in [3.05, 3.63) is 24.3 Å². The van der Waals surface area contributed by atoms with E-state index in [4.69, 9.17) is 4.74 Å². The second-order valence-corrected chi connectivity index (χ2v) is 6.24. The molecule has 0 atom stereocenters. The fourth-order valence-electron chi connectivity index (χ4n) is 2.99. The smallest absolute Gasteiger partial charge is 0.321 e. The maximum absolute atomic E-state index is 12.5. The number of benzene rings is 1. The minimum atomic E-state index is -0.106. The van der Waals surface area contributed by atoms with Gasteiger partial charge in [-0.15, -0.1) is 0 Å². The normalized spacial score (nSPS) is 20.8. The quantitative estimate of drug-likeness (QED) is 0.843. The van der Waals surface area contributed by atoms with Crippen molar-refractivity contribution >= 4 is 11.7 Å². The van der Waals surface area contributed by atoms with Crippen molar-refractivity contribution in [1.29, 1.82) is 0 Å². The van der Waals surface area contributed by atoms with Gasteiger partial charge in [0.15, 0.2) is 0 Å². The first kappa shape index (κ1) is 17.6. The van der Waals surface area contributed by atoms with Crippen LogP contribution in [0.2, 0.25) is 0 Å². The predicted octanol–water partition coefficient (Wildman–Crippen LogP) is 3.49. The number of amides is 2. The zero-order valence-electron chi connectivity index (χ0n) is 14.1. The van der Waals surface area contributed by atoms with Gasteiger partial charge < -0.3 is 20.1 Å². The number of anilines is 1. The second kappa shape index (κ2) is 8.77. The van der Waals surface area contributed by atoms with Gasteiger partial charge in [-0.05, 0) is 50.2 Å². The minimum Gasteiger partial charge on any atom is -0.491 e. The lowest BCUT2D eigenvalue weighted by molar-refractivity contribution is 0.139. The molecule has 0 unspecified atom stereocenters. The highest BCUT2D eigenvalue weighted by Crippen LogP contribution is 2.28. The molecular formula is C18H28N2O3. The van der Waals surface area contributed by atoms with Gasteiger partial charge in [0, 0.05) is 19.7 Å². The first-order chi connectivity index (χ1) is 11.2. The van der Waals surface area contributed by atoms with Crippen molar-refractivity contribution in [1.82, 2.24) is 4.90 Å². The van der Waals surface area contributed by atoms with Crippen molar-refractivity contribution in [2.45, 2.75) is 45.1 Å². The SMILES string of the molecule is CCCOc1ccccc1NC(=O)N(C)C1CCC(CO)CC1. The van der Waals surface area contributed by atoms with E-state index in [0.717, 1.165) is 32.1 Å². The van der Waals surface area contributed by atoms with E-state index in [-0.39, 0.29) is 18.7 Å². The lowest BCUT2D eigenvalue weighted by Crippen LogP contribution is -2.42. The monoisotopic (exact) mass is 320 g/mol. The summed E-state index contributed by atoms with van der Waals surface area (Å²) in [5.74, 6) is 1.10. The van der Waals surface area contributed by atoms with Gasteiger partial charge in [-0.25, -0.2) is 4.79 Å². The molecule has 5 heteroatoms. The summed E-state index contributed by atoms with van der Waals surface area (Å²) in [4.78, 5) is 14.3. The van der Waals surface area contributed by atoms with Crippen LogP contribution in [0.15, 0.2) is 24.3 Å². The van der Waals surface area contributed by atoms with E-state index in [1.807, 2.05) is 31.3 Å². The van der Waals surface area contributed by atoms with Crippen LogP contribution in [0.25, 0.3) is 0 Å². The Bertz CT molecular complexity index is 499. The summed E-state index contributed by atoms with van der Waals surface area (Å²) in [5.41, 5.74) is 0.710. The molecule has 1 saturated carbocycles. The summed E-state index contributed by atoms with van der Waals surface area (Å²) in [6.45, 7) is 2.94. The van der Waals surface area contributed by atoms with Gasteiger partial charge in [-0.1, -0.05) is 19.1 Å². The number of urea groups is 1. The van der Waals surface area contributed by atoms with Crippen LogP contribution in [0.4, 0.5) is 10.5 Å². The van der Waals surface area contributed by atoms with Gasteiger partial charge in [-0.3, -0.25) is 0 Å². The number of aliphatic hydroxyl groups excluding tert-OH is 1. The Morgan fingerprint density at radius 3 is 2.65 bits per heavy atom. The van der Waals surface area contributed by atoms with Crippen LogP contribution in [-0.2, 0) is 0 Å². The maximum atomic E-state index is 12.5. The fourth-order valence-corrected chi connectivity index (χ4v) is 2.99. The molecule has 0 spiro atoms. The van der Waals surface area contributed by atoms with E-state index >= 15 is 0 Å². The highest BCUT2D eigenvalue weighted by molar-refractivity contribution is 5.91. The van der Waals surface area contributed by atoms with E-state index in [2.05, 4.69) is 12.2 Å². The number of hydrogen-bond donors (Lipinski definition) is 2. The summed E-state index contributed by atoms with van der Waals surface area (Å²) in [5, 5.41) is 12.2. The molecule has 0 saturated heterocycles. The lowest BCUT2D eigenvalue weighted by Gasteiger charge is -2.34. The zero-order valence-corrected chi connectivity index (χ0v) is 14.1. The van der Waals surface area contributed by atoms with Crippen molar-refractivity contribution in [2.75, 3.05) is 25.6 Å². The molecule has 1 aromatic carbocycles. The van der Waals surface area contributed by atoms with Crippen molar-refractivity contribution in [3.8, 4) is 5.75 Å². The third kappa shape index (κ3) is 4.86. The molecule has 1 fully saturated rings. The van der Waals surface area contributed by atoms with Crippen LogP contribution in [0, 0.1) is 5.92 Å². The average Bonchev–Trinajstić information content (AvgIpc) is 2.60. The van der Waals surface area contributed by atoms with Gasteiger partial charge in [0.1, 0.15) is 5.75 Å². The van der Waals surface area contributed by atoms with Gasteiger partial charge in [0.05, 0.1) is 12.3 Å². The lowest BCUT2D eigenvalue weighted by atomic mass is 9.86. The predicted molar refractivity (Wildman–Crippen MR) is 91.8 cm³/mol. The summed E-state index contributed by atoms with van der Waals surface area (Å²) in [6, 6.07) is 7.66. The highest BCUT2D eigenvalue weighted by Gasteiger charge is 2.26. The molecule has 0 radical (unpaired) electrons. The third-order valence-electron chi connectivity index (χ3n) is 4.53. The molecule has 2 N–H and O–H groups in total. The van der Waals surface area contributed by atoms with E-state index in [1.54, 1.807) is 4.90 Å². The van der Waals surface area contributed by atoms with Crippen LogP contribution >= 0.6 is 0 Å². The first-order valence-electron chi connectivity index (χ1n) is 8.52. The Morgan fingerprint density at radius 2 is 2.00 bits per heavy atom. The largest absolute Gasteiger partial charge is 0.491 e. The Balaban J connectivity index is 1.93. The molecular weight excluding hydrogens is 292 g/mol. The third-order valence-corrected chi connectivity index (χ3v) is 4.53. The molecule has 2 amide bonds. The Morgan fingerprint density at radius 1 is 1.30 bits per heavy atom. The minimum absolute atomic E-state index is 0.106. The number of para-hydroxylation sites is 2. The Hall–Kier alpha value is -1.75. The molecule has 1 aromatic rings. The molecule has 0 aliphatic heterocycles. The van der Waals surface area contributed by atoms with E-state index < -0.39 is 0 Å². The number of nitrogens with one attached hydrogen (secondary N) is 1. The van der Waals surface area contributed by atoms with Crippen molar-refractivity contribution in [3.63, 3.8) is 0 Å². The Kier molecular flexibility index (Phi) is 6.71. The number of rotatable bonds is 6. The molecule has 23 heavy (non-hydrogen) atoms. The van der Waals surface area contributed by atoms with E-state index in [9.17, 15) is 9.90 Å². The fraction of sp³-hybridized carbons (Fsp3) is 0.611. The van der Waals surface area contributed by atoms with Crippen LogP contribution in [0.3, 0.4) is 0 Å². The summed E-state index contributed by atoms with van der Waals surface area (Å²) in [7, 11) is 1.84. The van der Waals surface area contributed by atoms with Crippen LogP contribution in [0.1, 0.15) is 39.0 Å². The van der Waals surface area contributed by atoms with Crippen molar-refractivity contribution < 1.29 is 14.6 Å². The molecule has 128 valence electrons. The summed E-state index contributed by atoms with van der Waals surface area (Å²) >= 11 is 0. The van der Waals surface area contributed by atoms with Crippen LogP contribution in [0.5, 0.6) is 5.75 Å². The molecule has 0 heterocycles. The number of carbonyl (C=O) groups is 1. The Labute approximate surface area is 138 Å². The van der Waals surface area contributed by atoms with Crippen LogP contribution in [-0.4, -0.2) is 42.3 Å². The van der Waals surface area contributed by atoms with Crippen molar-refractivity contribution in [2.24, 2.45) is 5.92 Å². The van der Waals surface area contributed by atoms with Gasteiger partial charge >= 0.3 is 6.03 Å². The summed E-state index contributed by atoms with van der Waals surface area (Å²) in [6.07, 6.45) is 4.78. The van der Waals surface area contributed by atoms with Gasteiger partial charge in [0.2, 0.25) is 0 Å². The average molecular weight is 320 g/mol. The van der Waals surface area contributed by atoms with Crippen LogP contribution < -0.4 is 10.1 Å². The number of aliphatic hydroxyl groups is 1. The molecule has 1 aliphatic rings. The standard InChI is InChI=1S/C18H28N2O3/c1-3-12-23-17-7-5-4-6-16(17)19-18(22)20(2)15-10-8-14(13-21)9-11-15/h4-7,14-15,21H,3,8-13H2,1-2H3,(H,19,22). The number of carbonyl (C=O) groups excluding carboxylic acids is 1. The second-order valence-electron chi connectivity index (χ2n) is 6.24. The molecule has 0 bridgehead atoms. The number of hydrogen-bond acceptors (Lipinski definition) is 3. The molecule has 2 rings (SSSR count). The van der Waals surface area contributed by atoms with E-state index in [0.29, 0.717) is 24.0 Å². The maximum Gasteiger partial charge on any atom is 0.321 e. The zero-order chi connectivity index (χ0) is 16.7. The molecule has 5 nitrogen and oxygen atoms in total.